The van der Waals surface area contributed by atoms with Gasteiger partial charge in [0.25, 0.3) is 5.56 Å². The summed E-state index contributed by atoms with van der Waals surface area (Å²) in [6, 6.07) is 7.07. The molecule has 0 aliphatic heterocycles. The fraction of sp³-hybridized carbons (Fsp3) is 0.316. The van der Waals surface area contributed by atoms with Crippen molar-refractivity contribution in [2.45, 2.75) is 23.6 Å². The van der Waals surface area contributed by atoms with Gasteiger partial charge in [-0.05, 0) is 18.6 Å². The van der Waals surface area contributed by atoms with Gasteiger partial charge in [-0.15, -0.1) is 0 Å². The van der Waals surface area contributed by atoms with Crippen LogP contribution in [0.4, 0.5) is 0 Å². The van der Waals surface area contributed by atoms with Crippen LogP contribution in [0.25, 0.3) is 22.4 Å². The predicted octanol–water partition coefficient (Wildman–Crippen LogP) is 1.66. The molecule has 0 fully saturated rings. The zero-order valence-electron chi connectivity index (χ0n) is 16.4. The number of methoxy groups -OCH3 is 1. The van der Waals surface area contributed by atoms with E-state index in [-0.39, 0.29) is 21.9 Å². The van der Waals surface area contributed by atoms with E-state index < -0.39 is 22.5 Å². The lowest BCUT2D eigenvalue weighted by Crippen LogP contribution is -2.37. The standard InChI is InChI=1S/C19H20N4O5S/c1-5-12(18(25)26)29-16-13-15(22(2)19(27)23(3)17(13)24)20-14(21-16)10-8-6-7-9-11(10)28-4/h6-9,12H,5H2,1-4H3,(H,25,26)/t12-/m1/s1. The van der Waals surface area contributed by atoms with Crippen molar-refractivity contribution in [3.63, 3.8) is 0 Å². The third-order valence-electron chi connectivity index (χ3n) is 4.51. The average molecular weight is 416 g/mol. The van der Waals surface area contributed by atoms with Gasteiger partial charge in [-0.1, -0.05) is 30.8 Å². The normalized spacial score (nSPS) is 12.1. The summed E-state index contributed by atoms with van der Waals surface area (Å²) in [5.74, 6) is -0.257. The Morgan fingerprint density at radius 2 is 1.90 bits per heavy atom. The maximum atomic E-state index is 12.8. The Hall–Kier alpha value is -3.14. The van der Waals surface area contributed by atoms with Crippen LogP contribution in [0, 0.1) is 0 Å². The van der Waals surface area contributed by atoms with Crippen molar-refractivity contribution >= 4 is 28.8 Å². The van der Waals surface area contributed by atoms with E-state index in [9.17, 15) is 19.5 Å². The summed E-state index contributed by atoms with van der Waals surface area (Å²) in [6.07, 6.45) is 0.335. The fourth-order valence-corrected chi connectivity index (χ4v) is 3.88. The molecule has 2 heterocycles. The number of carbonyl (C=O) groups is 1. The topological polar surface area (TPSA) is 116 Å². The molecular weight excluding hydrogens is 396 g/mol. The summed E-state index contributed by atoms with van der Waals surface area (Å²) in [6.45, 7) is 1.74. The number of rotatable bonds is 6. The van der Waals surface area contributed by atoms with Crippen molar-refractivity contribution in [2.24, 2.45) is 14.1 Å². The summed E-state index contributed by atoms with van der Waals surface area (Å²) in [7, 11) is 4.38. The molecule has 0 bridgehead atoms. The molecule has 3 rings (SSSR count). The lowest BCUT2D eigenvalue weighted by atomic mass is 10.2. The van der Waals surface area contributed by atoms with Crippen LogP contribution < -0.4 is 16.0 Å². The molecule has 1 aromatic carbocycles. The van der Waals surface area contributed by atoms with Gasteiger partial charge in [-0.25, -0.2) is 14.8 Å². The predicted molar refractivity (Wildman–Crippen MR) is 110 cm³/mol. The smallest absolute Gasteiger partial charge is 0.332 e. The Morgan fingerprint density at radius 3 is 2.52 bits per heavy atom. The molecule has 1 atom stereocenters. The summed E-state index contributed by atoms with van der Waals surface area (Å²) in [4.78, 5) is 45.8. The Balaban J connectivity index is 2.41. The zero-order chi connectivity index (χ0) is 21.3. The SMILES string of the molecule is CC[C@@H](Sc1nc(-c2ccccc2OC)nc2c1c(=O)n(C)c(=O)n2C)C(=O)O. The molecule has 0 unspecified atom stereocenters. The molecule has 2 aromatic heterocycles. The van der Waals surface area contributed by atoms with Gasteiger partial charge in [0, 0.05) is 14.1 Å². The molecule has 10 heteroatoms. The van der Waals surface area contributed by atoms with E-state index in [4.69, 9.17) is 4.74 Å². The summed E-state index contributed by atoms with van der Waals surface area (Å²) < 4.78 is 7.59. The van der Waals surface area contributed by atoms with Crippen LogP contribution in [-0.4, -0.2) is 42.5 Å². The maximum absolute atomic E-state index is 12.8. The zero-order valence-corrected chi connectivity index (χ0v) is 17.2. The van der Waals surface area contributed by atoms with Gasteiger partial charge in [0.1, 0.15) is 21.4 Å². The van der Waals surface area contributed by atoms with Gasteiger partial charge < -0.3 is 9.84 Å². The number of ether oxygens (including phenoxy) is 1. The van der Waals surface area contributed by atoms with Crippen molar-refractivity contribution in [1.29, 1.82) is 0 Å². The number of hydrogen-bond acceptors (Lipinski definition) is 7. The number of thioether (sulfide) groups is 1. The average Bonchev–Trinajstić information content (AvgIpc) is 2.73. The van der Waals surface area contributed by atoms with E-state index >= 15 is 0 Å². The van der Waals surface area contributed by atoms with Gasteiger partial charge >= 0.3 is 11.7 Å². The van der Waals surface area contributed by atoms with Crippen LogP contribution in [0.5, 0.6) is 5.75 Å². The van der Waals surface area contributed by atoms with Gasteiger partial charge in [0.05, 0.1) is 12.7 Å². The first-order chi connectivity index (χ1) is 13.8. The highest BCUT2D eigenvalue weighted by molar-refractivity contribution is 8.00. The van der Waals surface area contributed by atoms with Crippen molar-refractivity contribution in [2.75, 3.05) is 7.11 Å². The highest BCUT2D eigenvalue weighted by Crippen LogP contribution is 2.33. The first-order valence-corrected chi connectivity index (χ1v) is 9.68. The number of nitrogens with zero attached hydrogens (tertiary/aromatic N) is 4. The third-order valence-corrected chi connectivity index (χ3v) is 5.85. The highest BCUT2D eigenvalue weighted by atomic mass is 32.2. The van der Waals surface area contributed by atoms with Crippen LogP contribution in [0.3, 0.4) is 0 Å². The molecule has 0 amide bonds. The van der Waals surface area contributed by atoms with E-state index in [2.05, 4.69) is 9.97 Å². The molecule has 0 saturated carbocycles. The second kappa shape index (κ2) is 8.08. The Labute approximate surface area is 170 Å². The first kappa shape index (κ1) is 20.6. The van der Waals surface area contributed by atoms with Crippen molar-refractivity contribution in [3.05, 3.63) is 45.1 Å². The van der Waals surface area contributed by atoms with Crippen molar-refractivity contribution < 1.29 is 14.6 Å². The second-order valence-electron chi connectivity index (χ2n) is 6.31. The fourth-order valence-electron chi connectivity index (χ4n) is 2.91. The molecule has 9 nitrogen and oxygen atoms in total. The minimum absolute atomic E-state index is 0.109. The molecule has 0 radical (unpaired) electrons. The number of aryl methyl sites for hydroxylation is 1. The second-order valence-corrected chi connectivity index (χ2v) is 7.50. The van der Waals surface area contributed by atoms with Gasteiger partial charge in [-0.3, -0.25) is 18.7 Å². The van der Waals surface area contributed by atoms with Gasteiger partial charge in [0.15, 0.2) is 11.5 Å². The molecule has 0 spiro atoms. The maximum Gasteiger partial charge on any atom is 0.332 e. The first-order valence-electron chi connectivity index (χ1n) is 8.80. The number of benzene rings is 1. The lowest BCUT2D eigenvalue weighted by molar-refractivity contribution is -0.136. The van der Waals surface area contributed by atoms with Crippen molar-refractivity contribution in [1.82, 2.24) is 19.1 Å². The Kier molecular flexibility index (Phi) is 5.73. The number of para-hydroxylation sites is 1. The molecule has 152 valence electrons. The number of aromatic nitrogens is 4. The molecular formula is C19H20N4O5S. The van der Waals surface area contributed by atoms with E-state index in [1.54, 1.807) is 31.2 Å². The number of aliphatic carboxylic acids is 1. The Morgan fingerprint density at radius 1 is 1.21 bits per heavy atom. The highest BCUT2D eigenvalue weighted by Gasteiger charge is 2.24. The van der Waals surface area contributed by atoms with E-state index in [0.29, 0.717) is 17.7 Å². The molecule has 0 aliphatic rings. The molecule has 0 saturated heterocycles. The molecule has 0 aliphatic carbocycles. The number of fused-ring (bicyclic) bond motifs is 1. The van der Waals surface area contributed by atoms with Crippen LogP contribution >= 0.6 is 11.8 Å². The Bertz CT molecular complexity index is 1220. The number of carboxylic acid groups (broad SMARTS) is 1. The minimum Gasteiger partial charge on any atom is -0.496 e. The minimum atomic E-state index is -1.01. The van der Waals surface area contributed by atoms with Crippen LogP contribution in [0.15, 0.2) is 38.9 Å². The quantitative estimate of drug-likeness (QED) is 0.476. The summed E-state index contributed by atoms with van der Waals surface area (Å²) >= 11 is 0.966. The molecule has 3 aromatic rings. The van der Waals surface area contributed by atoms with Gasteiger partial charge in [-0.2, -0.15) is 0 Å². The largest absolute Gasteiger partial charge is 0.496 e. The molecule has 29 heavy (non-hydrogen) atoms. The van der Waals surface area contributed by atoms with E-state index in [1.807, 2.05) is 0 Å². The third kappa shape index (κ3) is 3.63. The molecule has 1 N–H and O–H groups in total. The number of hydrogen-bond donors (Lipinski definition) is 1. The van der Waals surface area contributed by atoms with Gasteiger partial charge in [0.2, 0.25) is 0 Å². The summed E-state index contributed by atoms with van der Waals surface area (Å²) in [5, 5.41) is 8.99. The summed E-state index contributed by atoms with van der Waals surface area (Å²) in [5.41, 5.74) is -0.405. The number of carboxylic acids is 1. The lowest BCUT2D eigenvalue weighted by Gasteiger charge is -2.15. The monoisotopic (exact) mass is 416 g/mol. The van der Waals surface area contributed by atoms with Crippen LogP contribution in [0.2, 0.25) is 0 Å². The van der Waals surface area contributed by atoms with E-state index in [0.717, 1.165) is 16.3 Å². The van der Waals surface area contributed by atoms with E-state index in [1.165, 1.54) is 25.8 Å². The van der Waals surface area contributed by atoms with Crippen molar-refractivity contribution in [3.8, 4) is 17.1 Å². The van der Waals surface area contributed by atoms with Crippen LogP contribution in [-0.2, 0) is 18.9 Å². The van der Waals surface area contributed by atoms with Crippen LogP contribution in [0.1, 0.15) is 13.3 Å².